The molecule has 4 nitrogen and oxygen atoms in total. The van der Waals surface area contributed by atoms with E-state index in [0.717, 1.165) is 31.3 Å². The Morgan fingerprint density at radius 1 is 1.00 bits per heavy atom. The molecular formula is C24H36O4. The van der Waals surface area contributed by atoms with Crippen molar-refractivity contribution in [1.29, 1.82) is 0 Å². The van der Waals surface area contributed by atoms with Crippen molar-refractivity contribution in [2.45, 2.75) is 85.7 Å². The molecule has 0 fully saturated rings. The summed E-state index contributed by atoms with van der Waals surface area (Å²) in [4.78, 5) is 23.0. The van der Waals surface area contributed by atoms with Gasteiger partial charge >= 0.3 is 11.9 Å². The summed E-state index contributed by atoms with van der Waals surface area (Å²) in [6, 6.07) is 0. The maximum Gasteiger partial charge on any atom is 0.306 e. The van der Waals surface area contributed by atoms with Crippen molar-refractivity contribution in [3.63, 3.8) is 0 Å². The molecule has 1 atom stereocenters. The molecule has 0 aromatic rings. The van der Waals surface area contributed by atoms with E-state index >= 15 is 0 Å². The van der Waals surface area contributed by atoms with Gasteiger partial charge in [-0.1, -0.05) is 54.9 Å². The highest BCUT2D eigenvalue weighted by Crippen LogP contribution is 2.25. The topological polar surface area (TPSA) is 63.6 Å². The van der Waals surface area contributed by atoms with Crippen molar-refractivity contribution in [3.05, 3.63) is 46.6 Å². The number of aliphatic carboxylic acids is 1. The van der Waals surface area contributed by atoms with Crippen LogP contribution in [0.25, 0.3) is 0 Å². The molecule has 0 saturated heterocycles. The number of carbonyl (C=O) groups is 2. The molecule has 1 aliphatic carbocycles. The third-order valence-corrected chi connectivity index (χ3v) is 4.99. The van der Waals surface area contributed by atoms with E-state index < -0.39 is 11.9 Å². The zero-order valence-electron chi connectivity index (χ0n) is 18.1. The molecular weight excluding hydrogens is 352 g/mol. The zero-order valence-corrected chi connectivity index (χ0v) is 18.1. The highest BCUT2D eigenvalue weighted by molar-refractivity contribution is 5.76. The lowest BCUT2D eigenvalue weighted by atomic mass is 9.91. The van der Waals surface area contributed by atoms with Crippen LogP contribution < -0.4 is 0 Å². The third-order valence-electron chi connectivity index (χ3n) is 4.99. The van der Waals surface area contributed by atoms with Gasteiger partial charge in [-0.2, -0.15) is 0 Å². The van der Waals surface area contributed by atoms with E-state index in [2.05, 4.69) is 58.9 Å². The Balaban J connectivity index is 3.14. The molecule has 0 heterocycles. The van der Waals surface area contributed by atoms with Gasteiger partial charge in [-0.3, -0.25) is 9.59 Å². The number of ether oxygens (including phenoxy) is 1. The Morgan fingerprint density at radius 2 is 1.61 bits per heavy atom. The van der Waals surface area contributed by atoms with E-state index in [9.17, 15) is 9.59 Å². The van der Waals surface area contributed by atoms with Crippen LogP contribution in [0.2, 0.25) is 0 Å². The smallest absolute Gasteiger partial charge is 0.306 e. The van der Waals surface area contributed by atoms with Crippen molar-refractivity contribution in [1.82, 2.24) is 0 Å². The Labute approximate surface area is 170 Å². The lowest BCUT2D eigenvalue weighted by Gasteiger charge is -2.24. The fraction of sp³-hybridized carbons (Fsp3) is 0.583. The number of hydrogen-bond donors (Lipinski definition) is 1. The van der Waals surface area contributed by atoms with E-state index in [4.69, 9.17) is 9.84 Å². The van der Waals surface area contributed by atoms with E-state index in [0.29, 0.717) is 6.42 Å². The predicted octanol–water partition coefficient (Wildman–Crippen LogP) is 6.15. The second-order valence-corrected chi connectivity index (χ2v) is 8.09. The third kappa shape index (κ3) is 9.72. The van der Waals surface area contributed by atoms with Gasteiger partial charge in [0.1, 0.15) is 6.10 Å². The largest absolute Gasteiger partial charge is 0.481 e. The van der Waals surface area contributed by atoms with Gasteiger partial charge in [0.05, 0.1) is 12.8 Å². The first-order valence-electron chi connectivity index (χ1n) is 10.3. The summed E-state index contributed by atoms with van der Waals surface area (Å²) >= 11 is 0. The summed E-state index contributed by atoms with van der Waals surface area (Å²) in [7, 11) is 0. The zero-order chi connectivity index (χ0) is 21.1. The SMILES string of the molecule is C/C1=C\C=C(\C(C)C)C(OC(=O)CCC(=O)O)C/C(C)=C/CC/C(C)=C/CC1. The summed E-state index contributed by atoms with van der Waals surface area (Å²) < 4.78 is 5.75. The number of hydrogen-bond acceptors (Lipinski definition) is 3. The van der Waals surface area contributed by atoms with Crippen molar-refractivity contribution in [2.75, 3.05) is 0 Å². The van der Waals surface area contributed by atoms with Gasteiger partial charge in [0.15, 0.2) is 0 Å². The Morgan fingerprint density at radius 3 is 2.21 bits per heavy atom. The van der Waals surface area contributed by atoms with Gasteiger partial charge in [0, 0.05) is 6.42 Å². The van der Waals surface area contributed by atoms with Gasteiger partial charge in [0.25, 0.3) is 0 Å². The number of carboxylic acid groups (broad SMARTS) is 1. The summed E-state index contributed by atoms with van der Waals surface area (Å²) in [5.41, 5.74) is 4.96. The number of rotatable bonds is 5. The second-order valence-electron chi connectivity index (χ2n) is 8.09. The molecule has 0 saturated carbocycles. The van der Waals surface area contributed by atoms with Crippen LogP contribution in [0.1, 0.15) is 79.6 Å². The maximum atomic E-state index is 12.2. The number of allylic oxidation sites excluding steroid dienone is 6. The highest BCUT2D eigenvalue weighted by Gasteiger charge is 2.22. The minimum absolute atomic E-state index is 0.0984. The van der Waals surface area contributed by atoms with Gasteiger partial charge < -0.3 is 9.84 Å². The molecule has 156 valence electrons. The van der Waals surface area contributed by atoms with Crippen LogP contribution >= 0.6 is 0 Å². The minimum Gasteiger partial charge on any atom is -0.481 e. The first kappa shape index (κ1) is 23.9. The van der Waals surface area contributed by atoms with Crippen LogP contribution in [-0.4, -0.2) is 23.1 Å². The normalized spacial score (nSPS) is 27.1. The van der Waals surface area contributed by atoms with Crippen LogP contribution in [0.4, 0.5) is 0 Å². The van der Waals surface area contributed by atoms with Crippen LogP contribution in [0.3, 0.4) is 0 Å². The molecule has 0 spiro atoms. The minimum atomic E-state index is -0.986. The first-order chi connectivity index (χ1) is 13.2. The Bertz CT molecular complexity index is 662. The molecule has 0 bridgehead atoms. The molecule has 0 aromatic heterocycles. The lowest BCUT2D eigenvalue weighted by Crippen LogP contribution is -2.24. The molecule has 0 amide bonds. The fourth-order valence-electron chi connectivity index (χ4n) is 3.22. The molecule has 28 heavy (non-hydrogen) atoms. The monoisotopic (exact) mass is 388 g/mol. The average Bonchev–Trinajstić information content (AvgIpc) is 2.59. The van der Waals surface area contributed by atoms with E-state index in [1.54, 1.807) is 0 Å². The van der Waals surface area contributed by atoms with Crippen LogP contribution in [0, 0.1) is 5.92 Å². The fourth-order valence-corrected chi connectivity index (χ4v) is 3.22. The summed E-state index contributed by atoms with van der Waals surface area (Å²) in [5.74, 6) is -1.21. The predicted molar refractivity (Wildman–Crippen MR) is 114 cm³/mol. The van der Waals surface area contributed by atoms with Crippen molar-refractivity contribution < 1.29 is 19.4 Å². The number of esters is 1. The van der Waals surface area contributed by atoms with Crippen molar-refractivity contribution in [3.8, 4) is 0 Å². The van der Waals surface area contributed by atoms with E-state index in [1.807, 2.05) is 0 Å². The first-order valence-corrected chi connectivity index (χ1v) is 10.3. The molecule has 0 aliphatic heterocycles. The van der Waals surface area contributed by atoms with Crippen LogP contribution in [-0.2, 0) is 14.3 Å². The van der Waals surface area contributed by atoms with Crippen LogP contribution in [0.5, 0.6) is 0 Å². The molecule has 0 radical (unpaired) electrons. The second kappa shape index (κ2) is 12.4. The molecule has 1 aliphatic rings. The van der Waals surface area contributed by atoms with E-state index in [-0.39, 0.29) is 24.9 Å². The molecule has 4 heteroatoms. The molecule has 1 unspecified atom stereocenters. The van der Waals surface area contributed by atoms with Crippen LogP contribution in [0.15, 0.2) is 46.6 Å². The summed E-state index contributed by atoms with van der Waals surface area (Å²) in [5, 5.41) is 8.82. The molecule has 0 aromatic carbocycles. The number of carboxylic acids is 1. The van der Waals surface area contributed by atoms with Gasteiger partial charge in [-0.05, 0) is 57.9 Å². The summed E-state index contributed by atoms with van der Waals surface area (Å²) in [6.07, 6.45) is 12.8. The average molecular weight is 389 g/mol. The van der Waals surface area contributed by atoms with Crippen molar-refractivity contribution >= 4 is 11.9 Å². The van der Waals surface area contributed by atoms with Gasteiger partial charge in [-0.25, -0.2) is 0 Å². The Kier molecular flexibility index (Phi) is 10.6. The van der Waals surface area contributed by atoms with E-state index in [1.165, 1.54) is 16.7 Å². The highest BCUT2D eigenvalue weighted by atomic mass is 16.5. The molecule has 1 rings (SSSR count). The maximum absolute atomic E-state index is 12.2. The summed E-state index contributed by atoms with van der Waals surface area (Å²) in [6.45, 7) is 10.6. The van der Waals surface area contributed by atoms with Crippen molar-refractivity contribution in [2.24, 2.45) is 5.92 Å². The molecule has 1 N–H and O–H groups in total. The Hall–Kier alpha value is -2.10. The van der Waals surface area contributed by atoms with Gasteiger partial charge in [-0.15, -0.1) is 0 Å². The lowest BCUT2D eigenvalue weighted by molar-refractivity contribution is -0.150. The number of carbonyl (C=O) groups excluding carboxylic acids is 1. The van der Waals surface area contributed by atoms with Gasteiger partial charge in [0.2, 0.25) is 0 Å². The quantitative estimate of drug-likeness (QED) is 0.453. The standard InChI is InChI=1S/C24H36O4/c1-17(2)21-13-12-19(4)10-6-8-18(3)9-7-11-20(5)16-22(21)28-24(27)15-14-23(25)26/h8,11-13,17,22H,6-7,9-10,14-16H2,1-5H3,(H,25,26)/b18-8+,19-12+,20-11+,21-13-.